The first-order valence-corrected chi connectivity index (χ1v) is 10.9. The first-order valence-electron chi connectivity index (χ1n) is 7.10. The third-order valence-corrected chi connectivity index (χ3v) is 6.60. The summed E-state index contributed by atoms with van der Waals surface area (Å²) in [5.41, 5.74) is 0. The van der Waals surface area contributed by atoms with E-state index >= 15 is 0 Å². The molecule has 0 bridgehead atoms. The average molecular weight is 435 g/mol. The third kappa shape index (κ3) is 6.67. The molecular formula is C13H19KN2O4S4. The van der Waals surface area contributed by atoms with Gasteiger partial charge in [-0.3, -0.25) is 14.2 Å². The molecule has 0 saturated carbocycles. The Labute approximate surface area is 199 Å². The van der Waals surface area contributed by atoms with Gasteiger partial charge in [-0.1, -0.05) is 24.0 Å². The summed E-state index contributed by atoms with van der Waals surface area (Å²) < 4.78 is 30.9. The summed E-state index contributed by atoms with van der Waals surface area (Å²) >= 11 is 8.13. The minimum atomic E-state index is -3.91. The molecular weight excluding hydrogens is 416 g/mol. The van der Waals surface area contributed by atoms with Crippen LogP contribution < -0.4 is 0 Å². The Morgan fingerprint density at radius 2 is 2.08 bits per heavy atom. The molecule has 0 unspecified atom stereocenters. The number of hydrogen-bond acceptors (Lipinski definition) is 7. The first-order chi connectivity index (χ1) is 10.8. The third-order valence-electron chi connectivity index (χ3n) is 3.32. The van der Waals surface area contributed by atoms with Crippen LogP contribution in [0.3, 0.4) is 0 Å². The van der Waals surface area contributed by atoms with Crippen molar-refractivity contribution in [3.05, 3.63) is 22.1 Å². The normalized spacial score (nSPS) is 21.9. The van der Waals surface area contributed by atoms with Crippen LogP contribution in [0.2, 0.25) is 0 Å². The van der Waals surface area contributed by atoms with E-state index in [1.54, 1.807) is 22.7 Å². The molecule has 1 N–H and O–H groups in total. The van der Waals surface area contributed by atoms with E-state index in [-0.39, 0.29) is 63.0 Å². The molecule has 2 saturated heterocycles. The number of allylic oxidation sites excluding steroid dienone is 2. The van der Waals surface area contributed by atoms with Crippen molar-refractivity contribution in [2.24, 2.45) is 0 Å². The van der Waals surface area contributed by atoms with Crippen molar-refractivity contribution in [1.29, 1.82) is 0 Å². The maximum absolute atomic E-state index is 12.1. The van der Waals surface area contributed by atoms with Crippen molar-refractivity contribution >= 4 is 107 Å². The second-order valence-corrected chi connectivity index (χ2v) is 9.29. The van der Waals surface area contributed by atoms with Crippen LogP contribution in [0, 0.1) is 0 Å². The van der Waals surface area contributed by atoms with E-state index in [4.69, 9.17) is 16.8 Å². The van der Waals surface area contributed by atoms with Crippen molar-refractivity contribution in [3.63, 3.8) is 0 Å². The molecule has 1 amide bonds. The van der Waals surface area contributed by atoms with Crippen molar-refractivity contribution in [2.45, 2.75) is 13.3 Å². The zero-order valence-electron chi connectivity index (χ0n) is 12.6. The summed E-state index contributed by atoms with van der Waals surface area (Å²) in [6, 6.07) is 0. The summed E-state index contributed by atoms with van der Waals surface area (Å²) in [6.45, 7) is 3.83. The van der Waals surface area contributed by atoms with Gasteiger partial charge in [-0.2, -0.15) is 8.42 Å². The molecule has 2 aliphatic heterocycles. The summed E-state index contributed by atoms with van der Waals surface area (Å²) in [4.78, 5) is 16.4. The molecule has 6 nitrogen and oxygen atoms in total. The maximum atomic E-state index is 12.1. The van der Waals surface area contributed by atoms with Gasteiger partial charge in [0.05, 0.1) is 15.7 Å². The van der Waals surface area contributed by atoms with Crippen molar-refractivity contribution < 1.29 is 17.8 Å². The van der Waals surface area contributed by atoms with Crippen LogP contribution in [0.25, 0.3) is 0 Å². The summed E-state index contributed by atoms with van der Waals surface area (Å²) in [5, 5.41) is 1.00. The Hall–Kier alpha value is 1.09. The number of thioether (sulfide) groups is 2. The predicted molar refractivity (Wildman–Crippen MR) is 106 cm³/mol. The Bertz CT molecular complexity index is 663. The molecule has 130 valence electrons. The van der Waals surface area contributed by atoms with Crippen LogP contribution in [0.5, 0.6) is 0 Å². The molecule has 2 heterocycles. The molecule has 0 aromatic rings. The van der Waals surface area contributed by atoms with Gasteiger partial charge in [0.15, 0.2) is 0 Å². The monoisotopic (exact) mass is 434 g/mol. The van der Waals surface area contributed by atoms with E-state index in [0.29, 0.717) is 28.7 Å². The summed E-state index contributed by atoms with van der Waals surface area (Å²) in [6.07, 6.45) is 4.03. The standard InChI is InChI=1S/C13H18N2O4S4.K.H/c1-2-15-12(16)10(22-13(15)20)4-5-11-14(7-8-21-11)6-3-9-23(17,18)19;;/h4-5H,2-3,6-9H2,1H3,(H,17,18,19);;. The van der Waals surface area contributed by atoms with Gasteiger partial charge in [0.25, 0.3) is 16.0 Å². The number of thiocarbonyl (C=S) groups is 1. The Morgan fingerprint density at radius 1 is 1.38 bits per heavy atom. The Morgan fingerprint density at radius 3 is 2.67 bits per heavy atom. The summed E-state index contributed by atoms with van der Waals surface area (Å²) in [7, 11) is -3.91. The molecule has 0 atom stereocenters. The van der Waals surface area contributed by atoms with Crippen LogP contribution in [0.1, 0.15) is 13.3 Å². The van der Waals surface area contributed by atoms with E-state index in [2.05, 4.69) is 4.90 Å². The zero-order chi connectivity index (χ0) is 17.0. The van der Waals surface area contributed by atoms with E-state index in [1.807, 2.05) is 13.0 Å². The van der Waals surface area contributed by atoms with Gasteiger partial charge in [0.2, 0.25) is 0 Å². The number of likely N-dealkylation sites (N-methyl/N-ethyl adjacent to an activating group) is 1. The van der Waals surface area contributed by atoms with E-state index in [1.165, 1.54) is 11.8 Å². The fourth-order valence-corrected chi connectivity index (χ4v) is 5.08. The van der Waals surface area contributed by atoms with Gasteiger partial charge in [-0.05, 0) is 25.5 Å². The number of nitrogens with zero attached hydrogens (tertiary/aromatic N) is 2. The Balaban J connectivity index is 0.00000288. The molecule has 0 aromatic heterocycles. The van der Waals surface area contributed by atoms with Gasteiger partial charge in [0, 0.05) is 25.4 Å². The van der Waals surface area contributed by atoms with Crippen LogP contribution >= 0.6 is 35.7 Å². The second kappa shape index (κ2) is 10.4. The van der Waals surface area contributed by atoms with Gasteiger partial charge in [0.1, 0.15) is 4.32 Å². The minimum absolute atomic E-state index is 0. The number of rotatable bonds is 6. The van der Waals surface area contributed by atoms with Gasteiger partial charge < -0.3 is 4.90 Å². The number of carbonyl (C=O) groups is 1. The fraction of sp³-hybridized carbons (Fsp3) is 0.538. The van der Waals surface area contributed by atoms with Crippen LogP contribution in [0.15, 0.2) is 22.1 Å². The molecule has 2 rings (SSSR count). The number of amides is 1. The second-order valence-electron chi connectivity index (χ2n) is 4.93. The number of hydrogen-bond donors (Lipinski definition) is 1. The molecule has 11 heteroatoms. The van der Waals surface area contributed by atoms with Crippen LogP contribution in [-0.4, -0.2) is 116 Å². The zero-order valence-corrected chi connectivity index (χ0v) is 15.9. The first kappa shape index (κ1) is 23.1. The number of carbonyl (C=O) groups excluding carboxylic acids is 1. The summed E-state index contributed by atoms with van der Waals surface area (Å²) in [5.74, 6) is 0.609. The molecule has 0 aromatic carbocycles. The SMILES string of the molecule is CCN1C(=O)C(=CC=C2SCCN2CCCS(=O)(=O)O)SC1=S.[KH]. The van der Waals surface area contributed by atoms with Gasteiger partial charge in [-0.25, -0.2) is 0 Å². The molecule has 0 radical (unpaired) electrons. The van der Waals surface area contributed by atoms with Crippen LogP contribution in [-0.2, 0) is 14.9 Å². The van der Waals surface area contributed by atoms with Gasteiger partial charge in [-0.15, -0.1) is 11.8 Å². The van der Waals surface area contributed by atoms with E-state index in [9.17, 15) is 13.2 Å². The van der Waals surface area contributed by atoms with Gasteiger partial charge >= 0.3 is 51.4 Å². The predicted octanol–water partition coefficient (Wildman–Crippen LogP) is 1.27. The molecule has 2 fully saturated rings. The quantitative estimate of drug-likeness (QED) is 0.290. The molecule has 0 spiro atoms. The van der Waals surface area contributed by atoms with Crippen molar-refractivity contribution in [2.75, 3.05) is 31.1 Å². The van der Waals surface area contributed by atoms with E-state index in [0.717, 1.165) is 17.3 Å². The average Bonchev–Trinajstić information content (AvgIpc) is 3.00. The van der Waals surface area contributed by atoms with Crippen molar-refractivity contribution in [1.82, 2.24) is 9.80 Å². The molecule has 0 aliphatic carbocycles. The fourth-order valence-electron chi connectivity index (χ4n) is 2.21. The topological polar surface area (TPSA) is 77.9 Å². The molecule has 24 heavy (non-hydrogen) atoms. The van der Waals surface area contributed by atoms with Crippen LogP contribution in [0.4, 0.5) is 0 Å². The Kier molecular flexibility index (Phi) is 10.0. The van der Waals surface area contributed by atoms with E-state index < -0.39 is 10.1 Å². The van der Waals surface area contributed by atoms with Crippen molar-refractivity contribution in [3.8, 4) is 0 Å². The molecule has 2 aliphatic rings.